The van der Waals surface area contributed by atoms with Crippen LogP contribution in [0.1, 0.15) is 18.4 Å². The molecule has 1 saturated heterocycles. The molecule has 1 aliphatic heterocycles. The van der Waals surface area contributed by atoms with Crippen LogP contribution in [0.5, 0.6) is 0 Å². The predicted molar refractivity (Wildman–Crippen MR) is 79.3 cm³/mol. The van der Waals surface area contributed by atoms with Crippen LogP contribution >= 0.6 is 0 Å². The van der Waals surface area contributed by atoms with Gasteiger partial charge in [0.05, 0.1) is 44.2 Å². The lowest BCUT2D eigenvalue weighted by Crippen LogP contribution is -2.36. The van der Waals surface area contributed by atoms with Crippen molar-refractivity contribution in [3.63, 3.8) is 0 Å². The summed E-state index contributed by atoms with van der Waals surface area (Å²) in [6.45, 7) is 0.710. The van der Waals surface area contributed by atoms with Crippen LogP contribution in [0.4, 0.5) is 18.9 Å². The standard InChI is InChI=1S/C14H18F3N3O5/c15-14(16,17)12-9(5-18-20-13(12)23)19-10(8-1-3-24-6-8)7-25-4-2-11(21)22/h5,8,10H,1-4,6-7H2,(H,21,22)(H2,19,20,23). The zero-order valence-electron chi connectivity index (χ0n) is 13.1. The highest BCUT2D eigenvalue weighted by Gasteiger charge is 2.38. The average Bonchev–Trinajstić information content (AvgIpc) is 3.03. The Hall–Kier alpha value is -2.14. The molecule has 3 N–H and O–H groups in total. The molecule has 1 aromatic rings. The van der Waals surface area contributed by atoms with Crippen molar-refractivity contribution in [3.05, 3.63) is 22.1 Å². The number of hydrogen-bond donors (Lipinski definition) is 3. The van der Waals surface area contributed by atoms with Gasteiger partial charge in [-0.25, -0.2) is 5.10 Å². The number of nitrogens with zero attached hydrogens (tertiary/aromatic N) is 1. The molecule has 0 saturated carbocycles. The molecule has 2 atom stereocenters. The number of aliphatic carboxylic acids is 1. The SMILES string of the molecule is O=C(O)CCOCC(Nc1cn[nH]c(=O)c1C(F)(F)F)C1CCOC1. The Morgan fingerprint density at radius 2 is 2.32 bits per heavy atom. The van der Waals surface area contributed by atoms with Crippen molar-refractivity contribution >= 4 is 11.7 Å². The Labute approximate surface area is 140 Å². The van der Waals surface area contributed by atoms with E-state index >= 15 is 0 Å². The summed E-state index contributed by atoms with van der Waals surface area (Å²) in [7, 11) is 0. The van der Waals surface area contributed by atoms with Gasteiger partial charge >= 0.3 is 12.1 Å². The summed E-state index contributed by atoms with van der Waals surface area (Å²) in [5.74, 6) is -1.17. The molecule has 8 nitrogen and oxygen atoms in total. The second-order valence-corrected chi connectivity index (χ2v) is 5.58. The number of carbonyl (C=O) groups is 1. The molecule has 1 fully saturated rings. The number of ether oxygens (including phenoxy) is 2. The fourth-order valence-electron chi connectivity index (χ4n) is 2.52. The van der Waals surface area contributed by atoms with E-state index in [4.69, 9.17) is 14.6 Å². The first-order valence-electron chi connectivity index (χ1n) is 7.57. The number of carboxylic acids is 1. The van der Waals surface area contributed by atoms with Gasteiger partial charge in [-0.3, -0.25) is 9.59 Å². The van der Waals surface area contributed by atoms with E-state index in [2.05, 4.69) is 10.4 Å². The summed E-state index contributed by atoms with van der Waals surface area (Å²) in [6, 6.07) is -0.582. The first-order chi connectivity index (χ1) is 11.8. The van der Waals surface area contributed by atoms with E-state index in [0.29, 0.717) is 19.6 Å². The minimum Gasteiger partial charge on any atom is -0.481 e. The first kappa shape index (κ1) is 19.2. The van der Waals surface area contributed by atoms with Crippen molar-refractivity contribution in [1.29, 1.82) is 0 Å². The number of hydrogen-bond acceptors (Lipinski definition) is 6. The molecular formula is C14H18F3N3O5. The molecule has 0 bridgehead atoms. The van der Waals surface area contributed by atoms with E-state index in [9.17, 15) is 22.8 Å². The zero-order chi connectivity index (χ0) is 18.4. The highest BCUT2D eigenvalue weighted by Crippen LogP contribution is 2.32. The number of aromatic amines is 1. The number of H-pyrrole nitrogens is 1. The van der Waals surface area contributed by atoms with E-state index < -0.39 is 35.0 Å². The molecular weight excluding hydrogens is 347 g/mol. The Morgan fingerprint density at radius 1 is 1.56 bits per heavy atom. The third-order valence-electron chi connectivity index (χ3n) is 3.77. The van der Waals surface area contributed by atoms with Crippen LogP contribution in [0, 0.1) is 5.92 Å². The Morgan fingerprint density at radius 3 is 2.92 bits per heavy atom. The number of halogens is 3. The molecule has 2 unspecified atom stereocenters. The van der Waals surface area contributed by atoms with Gasteiger partial charge < -0.3 is 19.9 Å². The molecule has 0 aliphatic carbocycles. The highest BCUT2D eigenvalue weighted by atomic mass is 19.4. The van der Waals surface area contributed by atoms with Crippen LogP contribution in [0.15, 0.2) is 11.0 Å². The number of aromatic nitrogens is 2. The fraction of sp³-hybridized carbons (Fsp3) is 0.643. The van der Waals surface area contributed by atoms with E-state index in [-0.39, 0.29) is 25.6 Å². The Bertz CT molecular complexity index is 643. The van der Waals surface area contributed by atoms with Crippen LogP contribution < -0.4 is 10.9 Å². The lowest BCUT2D eigenvalue weighted by molar-refractivity contribution is -0.139. The average molecular weight is 365 g/mol. The normalized spacial score (nSPS) is 18.9. The molecule has 0 amide bonds. The number of rotatable bonds is 8. The molecule has 1 aliphatic rings. The maximum Gasteiger partial charge on any atom is 0.423 e. The topological polar surface area (TPSA) is 114 Å². The zero-order valence-corrected chi connectivity index (χ0v) is 13.1. The number of carboxylic acid groups (broad SMARTS) is 1. The van der Waals surface area contributed by atoms with Gasteiger partial charge in [0.2, 0.25) is 0 Å². The van der Waals surface area contributed by atoms with Gasteiger partial charge in [0.15, 0.2) is 0 Å². The monoisotopic (exact) mass is 365 g/mol. The van der Waals surface area contributed by atoms with Crippen molar-refractivity contribution in [2.75, 3.05) is 31.7 Å². The number of alkyl halides is 3. The van der Waals surface area contributed by atoms with E-state index in [1.165, 1.54) is 0 Å². The lowest BCUT2D eigenvalue weighted by Gasteiger charge is -2.25. The van der Waals surface area contributed by atoms with Crippen molar-refractivity contribution in [1.82, 2.24) is 10.2 Å². The van der Waals surface area contributed by atoms with Gasteiger partial charge in [-0.05, 0) is 6.42 Å². The van der Waals surface area contributed by atoms with Crippen LogP contribution in [0.2, 0.25) is 0 Å². The smallest absolute Gasteiger partial charge is 0.423 e. The quantitative estimate of drug-likeness (QED) is 0.591. The number of nitrogens with one attached hydrogen (secondary N) is 2. The van der Waals surface area contributed by atoms with Gasteiger partial charge in [0.25, 0.3) is 5.56 Å². The Balaban J connectivity index is 2.15. The van der Waals surface area contributed by atoms with Gasteiger partial charge in [-0.15, -0.1) is 0 Å². The summed E-state index contributed by atoms with van der Waals surface area (Å²) in [6.07, 6.45) is -3.56. The van der Waals surface area contributed by atoms with Gasteiger partial charge in [0.1, 0.15) is 5.56 Å². The summed E-state index contributed by atoms with van der Waals surface area (Å²) in [5, 5.41) is 16.4. The third kappa shape index (κ3) is 5.43. The minimum atomic E-state index is -4.85. The largest absolute Gasteiger partial charge is 0.481 e. The first-order valence-corrected chi connectivity index (χ1v) is 7.57. The molecule has 140 valence electrons. The summed E-state index contributed by atoms with van der Waals surface area (Å²) >= 11 is 0. The van der Waals surface area contributed by atoms with Crippen LogP contribution in [0.3, 0.4) is 0 Å². The van der Waals surface area contributed by atoms with Crippen LogP contribution in [-0.2, 0) is 20.4 Å². The molecule has 0 radical (unpaired) electrons. The minimum absolute atomic E-state index is 0.0224. The van der Waals surface area contributed by atoms with E-state index in [0.717, 1.165) is 6.20 Å². The molecule has 2 rings (SSSR count). The maximum absolute atomic E-state index is 13.1. The summed E-state index contributed by atoms with van der Waals surface area (Å²) in [5.41, 5.74) is -3.15. The van der Waals surface area contributed by atoms with Gasteiger partial charge in [0, 0.05) is 12.5 Å². The fourth-order valence-corrected chi connectivity index (χ4v) is 2.52. The Kier molecular flexibility index (Phi) is 6.37. The molecule has 0 aromatic carbocycles. The van der Waals surface area contributed by atoms with E-state index in [1.54, 1.807) is 5.10 Å². The van der Waals surface area contributed by atoms with Crippen LogP contribution in [-0.4, -0.2) is 53.7 Å². The summed E-state index contributed by atoms with van der Waals surface area (Å²) < 4.78 is 49.9. The molecule has 1 aromatic heterocycles. The maximum atomic E-state index is 13.1. The van der Waals surface area contributed by atoms with Gasteiger partial charge in [-0.2, -0.15) is 18.3 Å². The second kappa shape index (κ2) is 8.30. The van der Waals surface area contributed by atoms with Crippen molar-refractivity contribution in [2.45, 2.75) is 25.1 Å². The van der Waals surface area contributed by atoms with Crippen molar-refractivity contribution in [2.24, 2.45) is 5.92 Å². The third-order valence-corrected chi connectivity index (χ3v) is 3.77. The predicted octanol–water partition coefficient (Wildman–Crippen LogP) is 1.10. The molecule has 25 heavy (non-hydrogen) atoms. The van der Waals surface area contributed by atoms with Crippen LogP contribution in [0.25, 0.3) is 0 Å². The highest BCUT2D eigenvalue weighted by molar-refractivity contribution is 5.66. The molecule has 11 heteroatoms. The molecule has 2 heterocycles. The lowest BCUT2D eigenvalue weighted by atomic mass is 9.99. The second-order valence-electron chi connectivity index (χ2n) is 5.58. The van der Waals surface area contributed by atoms with Crippen molar-refractivity contribution < 1.29 is 32.5 Å². The van der Waals surface area contributed by atoms with Gasteiger partial charge in [-0.1, -0.05) is 0 Å². The number of anilines is 1. The summed E-state index contributed by atoms with van der Waals surface area (Å²) in [4.78, 5) is 22.0. The molecule has 0 spiro atoms. The van der Waals surface area contributed by atoms with E-state index in [1.807, 2.05) is 0 Å². The van der Waals surface area contributed by atoms with Crippen molar-refractivity contribution in [3.8, 4) is 0 Å².